The first-order valence-electron chi connectivity index (χ1n) is 5.89. The van der Waals surface area contributed by atoms with E-state index >= 15 is 0 Å². The van der Waals surface area contributed by atoms with Crippen molar-refractivity contribution in [2.75, 3.05) is 11.9 Å². The zero-order chi connectivity index (χ0) is 13.8. The lowest BCUT2D eigenvalue weighted by atomic mass is 9.99. The number of hydrogen-bond donors (Lipinski definition) is 1. The van der Waals surface area contributed by atoms with Crippen molar-refractivity contribution in [2.24, 2.45) is 5.73 Å². The second kappa shape index (κ2) is 5.65. The third-order valence-electron chi connectivity index (χ3n) is 2.72. The zero-order valence-corrected chi connectivity index (χ0v) is 11.1. The first-order valence-corrected chi connectivity index (χ1v) is 5.89. The highest BCUT2D eigenvalue weighted by atomic mass is 16.2. The molecule has 18 heavy (non-hydrogen) atoms. The first kappa shape index (κ1) is 14.2. The fourth-order valence-electron chi connectivity index (χ4n) is 1.52. The Morgan fingerprint density at radius 3 is 2.72 bits per heavy atom. The molecule has 0 radical (unpaired) electrons. The average molecular weight is 245 g/mol. The van der Waals surface area contributed by atoms with E-state index in [4.69, 9.17) is 11.0 Å². The van der Waals surface area contributed by atoms with Gasteiger partial charge in [-0.3, -0.25) is 4.79 Å². The van der Waals surface area contributed by atoms with E-state index in [9.17, 15) is 4.79 Å². The Bertz CT molecular complexity index is 469. The second-order valence-electron chi connectivity index (χ2n) is 5.10. The highest BCUT2D eigenvalue weighted by molar-refractivity contribution is 5.92. The minimum atomic E-state index is -0.342. The summed E-state index contributed by atoms with van der Waals surface area (Å²) >= 11 is 0. The van der Waals surface area contributed by atoms with Gasteiger partial charge in [0.15, 0.2) is 0 Å². The van der Waals surface area contributed by atoms with E-state index in [2.05, 4.69) is 6.07 Å². The monoisotopic (exact) mass is 245 g/mol. The van der Waals surface area contributed by atoms with Gasteiger partial charge in [0.25, 0.3) is 0 Å². The first-order chi connectivity index (χ1) is 8.33. The molecular weight excluding hydrogens is 226 g/mol. The molecule has 0 heterocycles. The van der Waals surface area contributed by atoms with Crippen LogP contribution in [0.2, 0.25) is 0 Å². The van der Waals surface area contributed by atoms with Crippen molar-refractivity contribution in [1.82, 2.24) is 0 Å². The molecule has 0 aliphatic rings. The van der Waals surface area contributed by atoms with Crippen LogP contribution in [0.3, 0.4) is 0 Å². The van der Waals surface area contributed by atoms with Crippen molar-refractivity contribution in [3.05, 3.63) is 29.8 Å². The molecule has 96 valence electrons. The van der Waals surface area contributed by atoms with Gasteiger partial charge in [-0.05, 0) is 38.5 Å². The molecule has 1 amide bonds. The summed E-state index contributed by atoms with van der Waals surface area (Å²) in [7, 11) is 1.71. The highest BCUT2D eigenvalue weighted by Gasteiger charge is 2.16. The minimum absolute atomic E-state index is 0.00335. The number of benzene rings is 1. The lowest BCUT2D eigenvalue weighted by Crippen LogP contribution is -2.35. The number of nitriles is 1. The molecule has 2 N–H and O–H groups in total. The van der Waals surface area contributed by atoms with Crippen molar-refractivity contribution in [2.45, 2.75) is 32.2 Å². The Balaban J connectivity index is 2.72. The predicted molar refractivity (Wildman–Crippen MR) is 72.1 cm³/mol. The molecule has 4 heteroatoms. The Labute approximate surface area is 108 Å². The molecule has 0 aromatic heterocycles. The van der Waals surface area contributed by atoms with Gasteiger partial charge in [0.1, 0.15) is 0 Å². The van der Waals surface area contributed by atoms with E-state index in [1.54, 1.807) is 30.1 Å². The van der Waals surface area contributed by atoms with Crippen LogP contribution in [0.15, 0.2) is 24.3 Å². The molecule has 0 spiro atoms. The number of carbonyl (C=O) groups excluding carboxylic acids is 1. The van der Waals surface area contributed by atoms with E-state index in [0.29, 0.717) is 18.4 Å². The maximum absolute atomic E-state index is 12.0. The van der Waals surface area contributed by atoms with Gasteiger partial charge in [-0.1, -0.05) is 6.07 Å². The van der Waals surface area contributed by atoms with Crippen molar-refractivity contribution in [3.8, 4) is 6.07 Å². The van der Waals surface area contributed by atoms with E-state index in [-0.39, 0.29) is 11.4 Å². The molecule has 0 saturated carbocycles. The topological polar surface area (TPSA) is 70.1 Å². The van der Waals surface area contributed by atoms with Crippen molar-refractivity contribution < 1.29 is 4.79 Å². The minimum Gasteiger partial charge on any atom is -0.326 e. The van der Waals surface area contributed by atoms with Crippen LogP contribution in [-0.2, 0) is 4.79 Å². The smallest absolute Gasteiger partial charge is 0.226 e. The zero-order valence-electron chi connectivity index (χ0n) is 11.1. The Morgan fingerprint density at radius 2 is 2.17 bits per heavy atom. The molecule has 1 rings (SSSR count). The maximum Gasteiger partial charge on any atom is 0.226 e. The molecule has 0 atom stereocenters. The maximum atomic E-state index is 12.0. The SMILES string of the molecule is CN(C(=O)CCC(C)(C)N)c1cccc(C#N)c1. The highest BCUT2D eigenvalue weighted by Crippen LogP contribution is 2.17. The van der Waals surface area contributed by atoms with Gasteiger partial charge in [-0.15, -0.1) is 0 Å². The molecule has 0 bridgehead atoms. The molecule has 0 aliphatic carbocycles. The van der Waals surface area contributed by atoms with E-state index in [1.807, 2.05) is 19.9 Å². The molecule has 1 aromatic rings. The quantitative estimate of drug-likeness (QED) is 0.882. The largest absolute Gasteiger partial charge is 0.326 e. The number of amides is 1. The van der Waals surface area contributed by atoms with Gasteiger partial charge in [0.2, 0.25) is 5.91 Å². The van der Waals surface area contributed by atoms with Crippen LogP contribution in [0.5, 0.6) is 0 Å². The summed E-state index contributed by atoms with van der Waals surface area (Å²) in [5.74, 6) is 0.00335. The van der Waals surface area contributed by atoms with Crippen LogP contribution in [0, 0.1) is 11.3 Å². The lowest BCUT2D eigenvalue weighted by molar-refractivity contribution is -0.118. The summed E-state index contributed by atoms with van der Waals surface area (Å²) in [4.78, 5) is 13.5. The standard InChI is InChI=1S/C14H19N3O/c1-14(2,16)8-7-13(18)17(3)12-6-4-5-11(9-12)10-15/h4-6,9H,7-8,16H2,1-3H3. The van der Waals surface area contributed by atoms with Gasteiger partial charge < -0.3 is 10.6 Å². The van der Waals surface area contributed by atoms with Crippen LogP contribution < -0.4 is 10.6 Å². The number of nitrogens with zero attached hydrogens (tertiary/aromatic N) is 2. The summed E-state index contributed by atoms with van der Waals surface area (Å²) in [5, 5.41) is 8.82. The second-order valence-corrected chi connectivity index (χ2v) is 5.10. The number of carbonyl (C=O) groups is 1. The molecule has 1 aromatic carbocycles. The Morgan fingerprint density at radius 1 is 1.50 bits per heavy atom. The average Bonchev–Trinajstić information content (AvgIpc) is 2.34. The number of anilines is 1. The van der Waals surface area contributed by atoms with Crippen molar-refractivity contribution in [3.63, 3.8) is 0 Å². The molecule has 0 fully saturated rings. The fraction of sp³-hybridized carbons (Fsp3) is 0.429. The molecule has 0 aliphatic heterocycles. The normalized spacial score (nSPS) is 10.8. The summed E-state index contributed by atoms with van der Waals surface area (Å²) < 4.78 is 0. The summed E-state index contributed by atoms with van der Waals surface area (Å²) in [6, 6.07) is 9.05. The number of nitrogens with two attached hydrogens (primary N) is 1. The van der Waals surface area contributed by atoms with E-state index < -0.39 is 0 Å². The van der Waals surface area contributed by atoms with E-state index in [1.165, 1.54) is 0 Å². The van der Waals surface area contributed by atoms with Crippen LogP contribution in [0.25, 0.3) is 0 Å². The Kier molecular flexibility index (Phi) is 4.46. The third-order valence-corrected chi connectivity index (χ3v) is 2.72. The van der Waals surface area contributed by atoms with E-state index in [0.717, 1.165) is 5.69 Å². The molecule has 4 nitrogen and oxygen atoms in total. The van der Waals surface area contributed by atoms with Crippen molar-refractivity contribution in [1.29, 1.82) is 5.26 Å². The van der Waals surface area contributed by atoms with Crippen LogP contribution in [-0.4, -0.2) is 18.5 Å². The van der Waals surface area contributed by atoms with Crippen molar-refractivity contribution >= 4 is 11.6 Å². The van der Waals surface area contributed by atoms with Gasteiger partial charge in [0.05, 0.1) is 11.6 Å². The van der Waals surface area contributed by atoms with Gasteiger partial charge >= 0.3 is 0 Å². The fourth-order valence-corrected chi connectivity index (χ4v) is 1.52. The molecular formula is C14H19N3O. The number of hydrogen-bond acceptors (Lipinski definition) is 3. The third kappa shape index (κ3) is 4.19. The Hall–Kier alpha value is -1.86. The van der Waals surface area contributed by atoms with Crippen LogP contribution in [0.4, 0.5) is 5.69 Å². The summed E-state index contributed by atoms with van der Waals surface area (Å²) in [5.41, 5.74) is 6.79. The van der Waals surface area contributed by atoms with Gasteiger partial charge in [-0.2, -0.15) is 5.26 Å². The van der Waals surface area contributed by atoms with Crippen LogP contribution in [0.1, 0.15) is 32.3 Å². The predicted octanol–water partition coefficient (Wildman–Crippen LogP) is 2.04. The lowest BCUT2D eigenvalue weighted by Gasteiger charge is -2.21. The van der Waals surface area contributed by atoms with Gasteiger partial charge in [0, 0.05) is 24.7 Å². The number of rotatable bonds is 4. The van der Waals surface area contributed by atoms with Crippen LogP contribution >= 0.6 is 0 Å². The van der Waals surface area contributed by atoms with Gasteiger partial charge in [-0.25, -0.2) is 0 Å². The molecule has 0 saturated heterocycles. The summed E-state index contributed by atoms with van der Waals surface area (Å²) in [6.45, 7) is 3.80. The summed E-state index contributed by atoms with van der Waals surface area (Å²) in [6.07, 6.45) is 1.03. The molecule has 0 unspecified atom stereocenters.